The molecule has 0 spiro atoms. The summed E-state index contributed by atoms with van der Waals surface area (Å²) in [6.07, 6.45) is 0.461. The van der Waals surface area contributed by atoms with Crippen LogP contribution in [0, 0.1) is 0 Å². The van der Waals surface area contributed by atoms with Gasteiger partial charge < -0.3 is 15.0 Å². The van der Waals surface area contributed by atoms with Crippen LogP contribution in [0.3, 0.4) is 0 Å². The van der Waals surface area contributed by atoms with Gasteiger partial charge in [-0.3, -0.25) is 9.59 Å². The van der Waals surface area contributed by atoms with Gasteiger partial charge in [0.15, 0.2) is 6.61 Å². The highest BCUT2D eigenvalue weighted by molar-refractivity contribution is 6.35. The van der Waals surface area contributed by atoms with E-state index in [2.05, 4.69) is 26.1 Å². The molecule has 0 aliphatic rings. The van der Waals surface area contributed by atoms with E-state index < -0.39 is 6.04 Å². The van der Waals surface area contributed by atoms with Crippen molar-refractivity contribution in [1.29, 1.82) is 0 Å². The molecule has 0 radical (unpaired) electrons. The molecule has 0 bridgehead atoms. The standard InChI is InChI=1S/C25H32Cl2N2O3/c1-6-22(24(31)28-7-2)29(15-17-8-11-19(26)14-21(17)27)23(30)16-32-20-12-9-18(10-13-20)25(3,4)5/h8-14,22H,6-7,15-16H2,1-5H3,(H,28,31)/t22-/m0/s1. The van der Waals surface area contributed by atoms with E-state index in [9.17, 15) is 9.59 Å². The van der Waals surface area contributed by atoms with E-state index in [0.717, 1.165) is 0 Å². The van der Waals surface area contributed by atoms with Crippen LogP contribution in [0.25, 0.3) is 0 Å². The summed E-state index contributed by atoms with van der Waals surface area (Å²) in [6, 6.07) is 12.2. The highest BCUT2D eigenvalue weighted by atomic mass is 35.5. The topological polar surface area (TPSA) is 58.6 Å². The lowest BCUT2D eigenvalue weighted by Crippen LogP contribution is -2.50. The maximum Gasteiger partial charge on any atom is 0.261 e. The summed E-state index contributed by atoms with van der Waals surface area (Å²) in [7, 11) is 0. The number of likely N-dealkylation sites (N-methyl/N-ethyl adjacent to an activating group) is 1. The SMILES string of the molecule is CCNC(=O)[C@H](CC)N(Cc1ccc(Cl)cc1Cl)C(=O)COc1ccc(C(C)(C)C)cc1. The van der Waals surface area contributed by atoms with Crippen molar-refractivity contribution >= 4 is 35.0 Å². The first-order chi connectivity index (χ1) is 15.1. The number of nitrogens with one attached hydrogen (secondary N) is 1. The molecule has 1 N–H and O–H groups in total. The lowest BCUT2D eigenvalue weighted by molar-refractivity contribution is -0.142. The van der Waals surface area contributed by atoms with Crippen molar-refractivity contribution in [1.82, 2.24) is 10.2 Å². The van der Waals surface area contributed by atoms with Gasteiger partial charge in [0, 0.05) is 23.1 Å². The lowest BCUT2D eigenvalue weighted by Gasteiger charge is -2.30. The quantitative estimate of drug-likeness (QED) is 0.509. The summed E-state index contributed by atoms with van der Waals surface area (Å²) in [4.78, 5) is 27.4. The minimum Gasteiger partial charge on any atom is -0.484 e. The normalized spacial score (nSPS) is 12.2. The predicted octanol–water partition coefficient (Wildman–Crippen LogP) is 5.61. The first-order valence-corrected chi connectivity index (χ1v) is 11.6. The molecular weight excluding hydrogens is 447 g/mol. The van der Waals surface area contributed by atoms with Crippen LogP contribution in [0.2, 0.25) is 10.0 Å². The van der Waals surface area contributed by atoms with Crippen molar-refractivity contribution in [2.24, 2.45) is 0 Å². The Hall–Kier alpha value is -2.24. The van der Waals surface area contributed by atoms with Crippen molar-refractivity contribution < 1.29 is 14.3 Å². The number of hydrogen-bond acceptors (Lipinski definition) is 3. The van der Waals surface area contributed by atoms with E-state index in [1.54, 1.807) is 18.2 Å². The molecule has 7 heteroatoms. The summed E-state index contributed by atoms with van der Waals surface area (Å²) in [5.74, 6) is 0.0962. The molecule has 0 saturated carbocycles. The number of benzene rings is 2. The minimum atomic E-state index is -0.638. The number of halogens is 2. The average molecular weight is 479 g/mol. The molecule has 0 aliphatic heterocycles. The number of amides is 2. The van der Waals surface area contributed by atoms with Gasteiger partial charge in [0.1, 0.15) is 11.8 Å². The highest BCUT2D eigenvalue weighted by Gasteiger charge is 2.29. The maximum atomic E-state index is 13.2. The van der Waals surface area contributed by atoms with Crippen molar-refractivity contribution in [2.75, 3.05) is 13.2 Å². The summed E-state index contributed by atoms with van der Waals surface area (Å²) in [5.41, 5.74) is 1.92. The fraction of sp³-hybridized carbons (Fsp3) is 0.440. The second-order valence-electron chi connectivity index (χ2n) is 8.64. The Balaban J connectivity index is 2.21. The third-order valence-corrected chi connectivity index (χ3v) is 5.76. The third-order valence-electron chi connectivity index (χ3n) is 5.18. The molecule has 0 aromatic heterocycles. The van der Waals surface area contributed by atoms with Crippen molar-refractivity contribution in [3.8, 4) is 5.75 Å². The molecule has 0 fully saturated rings. The van der Waals surface area contributed by atoms with E-state index in [1.165, 1.54) is 10.5 Å². The van der Waals surface area contributed by atoms with Gasteiger partial charge in [-0.15, -0.1) is 0 Å². The minimum absolute atomic E-state index is 0.0317. The van der Waals surface area contributed by atoms with Crippen LogP contribution in [0.4, 0.5) is 0 Å². The molecule has 0 saturated heterocycles. The molecule has 32 heavy (non-hydrogen) atoms. The second kappa shape index (κ2) is 11.6. The summed E-state index contributed by atoms with van der Waals surface area (Å²) in [6.45, 7) is 10.6. The van der Waals surface area contributed by atoms with Crippen LogP contribution in [0.5, 0.6) is 5.75 Å². The maximum absolute atomic E-state index is 13.2. The highest BCUT2D eigenvalue weighted by Crippen LogP contribution is 2.25. The number of nitrogens with zero attached hydrogens (tertiary/aromatic N) is 1. The zero-order valence-electron chi connectivity index (χ0n) is 19.4. The number of carbonyl (C=O) groups excluding carboxylic acids is 2. The van der Waals surface area contributed by atoms with E-state index in [0.29, 0.717) is 34.3 Å². The number of rotatable bonds is 9. The van der Waals surface area contributed by atoms with Crippen LogP contribution in [-0.4, -0.2) is 35.9 Å². The van der Waals surface area contributed by atoms with E-state index in [4.69, 9.17) is 27.9 Å². The molecule has 0 aliphatic carbocycles. The van der Waals surface area contributed by atoms with Gasteiger partial charge in [0.05, 0.1) is 0 Å². The van der Waals surface area contributed by atoms with Crippen LogP contribution in [0.15, 0.2) is 42.5 Å². The summed E-state index contributed by atoms with van der Waals surface area (Å²) in [5, 5.41) is 3.76. The van der Waals surface area contributed by atoms with E-state index in [-0.39, 0.29) is 30.4 Å². The largest absolute Gasteiger partial charge is 0.484 e. The van der Waals surface area contributed by atoms with E-state index >= 15 is 0 Å². The Morgan fingerprint density at radius 1 is 1.06 bits per heavy atom. The molecule has 2 aromatic carbocycles. The molecule has 2 rings (SSSR count). The van der Waals surface area contributed by atoms with Gasteiger partial charge in [-0.2, -0.15) is 0 Å². The van der Waals surface area contributed by atoms with Crippen LogP contribution in [0.1, 0.15) is 52.2 Å². The third kappa shape index (κ3) is 7.14. The first-order valence-electron chi connectivity index (χ1n) is 10.8. The van der Waals surface area contributed by atoms with E-state index in [1.807, 2.05) is 38.1 Å². The van der Waals surface area contributed by atoms with Crippen LogP contribution in [-0.2, 0) is 21.5 Å². The molecule has 5 nitrogen and oxygen atoms in total. The Morgan fingerprint density at radius 2 is 1.72 bits per heavy atom. The summed E-state index contributed by atoms with van der Waals surface area (Å²) >= 11 is 12.3. The van der Waals surface area contributed by atoms with Crippen LogP contribution >= 0.6 is 23.2 Å². The zero-order valence-corrected chi connectivity index (χ0v) is 20.9. The summed E-state index contributed by atoms with van der Waals surface area (Å²) < 4.78 is 5.76. The van der Waals surface area contributed by atoms with Gasteiger partial charge in [0.25, 0.3) is 5.91 Å². The van der Waals surface area contributed by atoms with Gasteiger partial charge in [0.2, 0.25) is 5.91 Å². The van der Waals surface area contributed by atoms with Gasteiger partial charge in [-0.1, -0.05) is 69.1 Å². The fourth-order valence-electron chi connectivity index (χ4n) is 3.32. The van der Waals surface area contributed by atoms with Crippen molar-refractivity contribution in [2.45, 2.75) is 59.0 Å². The smallest absolute Gasteiger partial charge is 0.261 e. The number of hydrogen-bond donors (Lipinski definition) is 1. The number of ether oxygens (including phenoxy) is 1. The first kappa shape index (κ1) is 26.0. The number of carbonyl (C=O) groups is 2. The van der Waals surface area contributed by atoms with Gasteiger partial charge >= 0.3 is 0 Å². The van der Waals surface area contributed by atoms with Crippen LogP contribution < -0.4 is 10.1 Å². The molecule has 2 aromatic rings. The van der Waals surface area contributed by atoms with Crippen molar-refractivity contribution in [3.05, 3.63) is 63.6 Å². The molecule has 1 atom stereocenters. The molecule has 2 amide bonds. The second-order valence-corrected chi connectivity index (χ2v) is 9.48. The Morgan fingerprint density at radius 3 is 2.25 bits per heavy atom. The zero-order chi connectivity index (χ0) is 23.9. The van der Waals surface area contributed by atoms with Crippen molar-refractivity contribution in [3.63, 3.8) is 0 Å². The molecule has 0 heterocycles. The molecule has 174 valence electrons. The lowest BCUT2D eigenvalue weighted by atomic mass is 9.87. The van der Waals surface area contributed by atoms with Gasteiger partial charge in [-0.05, 0) is 54.2 Å². The van der Waals surface area contributed by atoms with Gasteiger partial charge in [-0.25, -0.2) is 0 Å². The fourth-order valence-corrected chi connectivity index (χ4v) is 3.79. The Labute approximate surface area is 201 Å². The Kier molecular flexibility index (Phi) is 9.41. The molecular formula is C25H32Cl2N2O3. The monoisotopic (exact) mass is 478 g/mol. The Bertz CT molecular complexity index is 924. The predicted molar refractivity (Wildman–Crippen MR) is 130 cm³/mol. The average Bonchev–Trinajstić information content (AvgIpc) is 2.73. The molecule has 0 unspecified atom stereocenters.